The summed E-state index contributed by atoms with van der Waals surface area (Å²) in [5.74, 6) is 0.745. The van der Waals surface area contributed by atoms with Crippen molar-refractivity contribution in [2.24, 2.45) is 0 Å². The van der Waals surface area contributed by atoms with E-state index < -0.39 is 0 Å². The number of anilines is 2. The summed E-state index contributed by atoms with van der Waals surface area (Å²) in [7, 11) is 1.65. The van der Waals surface area contributed by atoms with E-state index in [1.54, 1.807) is 13.3 Å². The molecule has 0 radical (unpaired) electrons. The van der Waals surface area contributed by atoms with Gasteiger partial charge in [0.05, 0.1) is 24.0 Å². The summed E-state index contributed by atoms with van der Waals surface area (Å²) in [4.78, 5) is 24.8. The fraction of sp³-hybridized carbons (Fsp3) is 0.400. The summed E-state index contributed by atoms with van der Waals surface area (Å²) in [6, 6.07) is 10.2. The molecule has 1 unspecified atom stereocenters. The van der Waals surface area contributed by atoms with Crippen LogP contribution in [0.1, 0.15) is 54.2 Å². The van der Waals surface area contributed by atoms with E-state index in [0.717, 1.165) is 59.6 Å². The van der Waals surface area contributed by atoms with E-state index in [4.69, 9.17) is 4.74 Å². The zero-order chi connectivity index (χ0) is 22.0. The van der Waals surface area contributed by atoms with Crippen LogP contribution >= 0.6 is 0 Å². The van der Waals surface area contributed by atoms with E-state index in [2.05, 4.69) is 22.2 Å². The van der Waals surface area contributed by atoms with Gasteiger partial charge in [-0.1, -0.05) is 13.0 Å². The first kappa shape index (κ1) is 21.1. The first-order valence-electron chi connectivity index (χ1n) is 11.0. The number of carbonyl (C=O) groups excluding carboxylic acids is 1. The number of hydrogen-bond donors (Lipinski definition) is 1. The third kappa shape index (κ3) is 4.20. The maximum atomic E-state index is 13.7. The summed E-state index contributed by atoms with van der Waals surface area (Å²) in [6.45, 7) is 6.91. The van der Waals surface area contributed by atoms with Gasteiger partial charge in [-0.2, -0.15) is 0 Å². The molecule has 0 aliphatic carbocycles. The molecule has 1 saturated heterocycles. The van der Waals surface area contributed by atoms with Gasteiger partial charge in [0.1, 0.15) is 5.75 Å². The molecule has 1 N–H and O–H groups in total. The predicted octanol–water partition coefficient (Wildman–Crippen LogP) is 5.40. The summed E-state index contributed by atoms with van der Waals surface area (Å²) < 4.78 is 5.57. The van der Waals surface area contributed by atoms with Gasteiger partial charge in [-0.3, -0.25) is 4.79 Å². The fourth-order valence-electron chi connectivity index (χ4n) is 4.37. The van der Waals surface area contributed by atoms with Gasteiger partial charge in [-0.05, 0) is 69.4 Å². The van der Waals surface area contributed by atoms with Gasteiger partial charge >= 0.3 is 0 Å². The molecule has 1 atom stereocenters. The molecule has 0 bridgehead atoms. The second kappa shape index (κ2) is 8.92. The van der Waals surface area contributed by atoms with Crippen LogP contribution in [0.3, 0.4) is 0 Å². The highest BCUT2D eigenvalue weighted by atomic mass is 16.5. The molecule has 162 valence electrons. The van der Waals surface area contributed by atoms with E-state index in [-0.39, 0.29) is 11.9 Å². The number of rotatable bonds is 5. The molecule has 1 amide bonds. The normalized spacial score (nSPS) is 16.4. The quantitative estimate of drug-likeness (QED) is 0.601. The molecule has 0 saturated carbocycles. The molecule has 3 heterocycles. The van der Waals surface area contributed by atoms with Crippen LogP contribution in [-0.2, 0) is 0 Å². The van der Waals surface area contributed by atoms with Gasteiger partial charge in [0.25, 0.3) is 5.91 Å². The van der Waals surface area contributed by atoms with Crippen molar-refractivity contribution in [2.45, 2.75) is 52.5 Å². The highest BCUT2D eigenvalue weighted by molar-refractivity contribution is 6.07. The third-order valence-electron chi connectivity index (χ3n) is 6.07. The zero-order valence-electron chi connectivity index (χ0n) is 18.7. The second-order valence-corrected chi connectivity index (χ2v) is 8.26. The molecule has 1 aliphatic rings. The van der Waals surface area contributed by atoms with Crippen LogP contribution in [0.25, 0.3) is 11.0 Å². The number of amides is 1. The smallest absolute Gasteiger partial charge is 0.257 e. The lowest BCUT2D eigenvalue weighted by Crippen LogP contribution is -2.43. The Morgan fingerprint density at radius 2 is 2.06 bits per heavy atom. The molecule has 2 aromatic heterocycles. The number of pyridine rings is 2. The SMILES string of the molecule is CCC1CCCCN1C(=O)c1cnc2nc(C)ccc2c1Nc1cc(C)ccc1OC. The maximum absolute atomic E-state index is 13.7. The summed E-state index contributed by atoms with van der Waals surface area (Å²) in [5.41, 5.74) is 4.73. The Kier molecular flexibility index (Phi) is 6.07. The van der Waals surface area contributed by atoms with Crippen molar-refractivity contribution >= 4 is 28.3 Å². The molecule has 1 aliphatic heterocycles. The van der Waals surface area contributed by atoms with E-state index in [9.17, 15) is 4.79 Å². The molecule has 6 heteroatoms. The Bertz CT molecular complexity index is 1110. The highest BCUT2D eigenvalue weighted by Gasteiger charge is 2.29. The van der Waals surface area contributed by atoms with Crippen molar-refractivity contribution < 1.29 is 9.53 Å². The number of likely N-dealkylation sites (tertiary alicyclic amines) is 1. The van der Waals surface area contributed by atoms with E-state index in [1.807, 2.05) is 49.1 Å². The zero-order valence-corrected chi connectivity index (χ0v) is 18.7. The van der Waals surface area contributed by atoms with Gasteiger partial charge in [0.15, 0.2) is 5.65 Å². The van der Waals surface area contributed by atoms with Crippen molar-refractivity contribution in [2.75, 3.05) is 19.0 Å². The number of ether oxygens (including phenoxy) is 1. The number of aromatic nitrogens is 2. The van der Waals surface area contributed by atoms with Crippen molar-refractivity contribution in [1.82, 2.24) is 14.9 Å². The van der Waals surface area contributed by atoms with Gasteiger partial charge in [0, 0.05) is 29.9 Å². The lowest BCUT2D eigenvalue weighted by molar-refractivity contribution is 0.0609. The fourth-order valence-corrected chi connectivity index (χ4v) is 4.37. The van der Waals surface area contributed by atoms with Crippen LogP contribution in [0, 0.1) is 13.8 Å². The molecular weight excluding hydrogens is 388 g/mol. The number of hydrogen-bond acceptors (Lipinski definition) is 5. The number of aryl methyl sites for hydroxylation is 2. The van der Waals surface area contributed by atoms with Crippen LogP contribution in [0.15, 0.2) is 36.5 Å². The highest BCUT2D eigenvalue weighted by Crippen LogP contribution is 2.35. The largest absolute Gasteiger partial charge is 0.495 e. The van der Waals surface area contributed by atoms with Crippen LogP contribution in [0.4, 0.5) is 11.4 Å². The third-order valence-corrected chi connectivity index (χ3v) is 6.07. The molecule has 0 spiro atoms. The van der Waals surface area contributed by atoms with E-state index in [0.29, 0.717) is 11.2 Å². The molecule has 4 rings (SSSR count). The van der Waals surface area contributed by atoms with Crippen molar-refractivity contribution in [3.05, 3.63) is 53.3 Å². The second-order valence-electron chi connectivity index (χ2n) is 8.26. The Morgan fingerprint density at radius 1 is 1.23 bits per heavy atom. The molecule has 1 fully saturated rings. The van der Waals surface area contributed by atoms with Gasteiger partial charge in [-0.15, -0.1) is 0 Å². The number of nitrogens with zero attached hydrogens (tertiary/aromatic N) is 3. The summed E-state index contributed by atoms with van der Waals surface area (Å²) >= 11 is 0. The molecule has 3 aromatic rings. The average Bonchev–Trinajstić information content (AvgIpc) is 2.78. The predicted molar refractivity (Wildman–Crippen MR) is 124 cm³/mol. The van der Waals surface area contributed by atoms with Crippen molar-refractivity contribution in [3.63, 3.8) is 0 Å². The average molecular weight is 419 g/mol. The Labute approximate surface area is 183 Å². The number of nitrogens with one attached hydrogen (secondary N) is 1. The minimum absolute atomic E-state index is 0.0237. The van der Waals surface area contributed by atoms with Crippen LogP contribution < -0.4 is 10.1 Å². The summed E-state index contributed by atoms with van der Waals surface area (Å²) in [5, 5.41) is 4.32. The Balaban J connectivity index is 1.85. The van der Waals surface area contributed by atoms with Gasteiger partial charge in [-0.25, -0.2) is 9.97 Å². The molecule has 31 heavy (non-hydrogen) atoms. The first-order chi connectivity index (χ1) is 15.0. The van der Waals surface area contributed by atoms with Gasteiger partial charge in [0.2, 0.25) is 0 Å². The number of benzene rings is 1. The molecule has 1 aromatic carbocycles. The minimum Gasteiger partial charge on any atom is -0.495 e. The van der Waals surface area contributed by atoms with Crippen molar-refractivity contribution in [3.8, 4) is 5.75 Å². The number of carbonyl (C=O) groups is 1. The van der Waals surface area contributed by atoms with Gasteiger partial charge < -0.3 is 15.0 Å². The molecule has 6 nitrogen and oxygen atoms in total. The molecular formula is C25H30N4O2. The lowest BCUT2D eigenvalue weighted by atomic mass is 9.98. The lowest BCUT2D eigenvalue weighted by Gasteiger charge is -2.35. The Hall–Kier alpha value is -3.15. The first-order valence-corrected chi connectivity index (χ1v) is 11.0. The number of fused-ring (bicyclic) bond motifs is 1. The Morgan fingerprint density at radius 3 is 2.84 bits per heavy atom. The maximum Gasteiger partial charge on any atom is 0.257 e. The van der Waals surface area contributed by atoms with Crippen molar-refractivity contribution in [1.29, 1.82) is 0 Å². The standard InChI is InChI=1S/C25H30N4O2/c1-5-18-8-6-7-13-29(18)25(30)20-15-26-24-19(11-10-17(3)27-24)23(20)28-21-14-16(2)9-12-22(21)31-4/h9-12,14-15,18H,5-8,13H2,1-4H3,(H,26,27,28). The minimum atomic E-state index is 0.0237. The number of piperidine rings is 1. The monoisotopic (exact) mass is 418 g/mol. The van der Waals surface area contributed by atoms with E-state index >= 15 is 0 Å². The van der Waals surface area contributed by atoms with Crippen LogP contribution in [0.5, 0.6) is 5.75 Å². The summed E-state index contributed by atoms with van der Waals surface area (Å²) in [6.07, 6.45) is 5.90. The van der Waals surface area contributed by atoms with Crippen LogP contribution in [0.2, 0.25) is 0 Å². The topological polar surface area (TPSA) is 67.4 Å². The van der Waals surface area contributed by atoms with E-state index in [1.165, 1.54) is 6.42 Å². The number of methoxy groups -OCH3 is 1. The van der Waals surface area contributed by atoms with Crippen LogP contribution in [-0.4, -0.2) is 40.5 Å².